The number of thiol groups is 1. The van der Waals surface area contributed by atoms with E-state index in [9.17, 15) is 15.3 Å². The highest BCUT2D eigenvalue weighted by Crippen LogP contribution is 2.36. The van der Waals surface area contributed by atoms with Crippen molar-refractivity contribution in [1.29, 1.82) is 10.5 Å². The Balaban J connectivity index is 2.44. The Morgan fingerprint density at radius 1 is 0.833 bits per heavy atom. The van der Waals surface area contributed by atoms with Gasteiger partial charge in [-0.25, -0.2) is 0 Å². The number of hydrogen-bond donors (Lipinski definition) is 2. The molecule has 24 heavy (non-hydrogen) atoms. The fourth-order valence-electron chi connectivity index (χ4n) is 2.64. The second-order valence-corrected chi connectivity index (χ2v) is 5.51. The minimum atomic E-state index is -0.556. The van der Waals surface area contributed by atoms with E-state index >= 15 is 0 Å². The van der Waals surface area contributed by atoms with Crippen LogP contribution >= 0.6 is 12.6 Å². The summed E-state index contributed by atoms with van der Waals surface area (Å²) in [6, 6.07) is 20.9. The molecule has 0 aliphatic heterocycles. The van der Waals surface area contributed by atoms with Gasteiger partial charge < -0.3 is 4.98 Å². The predicted molar refractivity (Wildman–Crippen MR) is 94.6 cm³/mol. The molecule has 0 saturated carbocycles. The van der Waals surface area contributed by atoms with E-state index in [-0.39, 0.29) is 16.2 Å². The summed E-state index contributed by atoms with van der Waals surface area (Å²) in [5, 5.41) is 19.1. The molecule has 3 aromatic rings. The molecule has 0 amide bonds. The van der Waals surface area contributed by atoms with E-state index in [1.807, 2.05) is 60.7 Å². The molecule has 0 radical (unpaired) electrons. The van der Waals surface area contributed by atoms with E-state index in [4.69, 9.17) is 0 Å². The molecule has 0 saturated heterocycles. The molecule has 1 heterocycles. The lowest BCUT2D eigenvalue weighted by Crippen LogP contribution is -2.14. The van der Waals surface area contributed by atoms with Crippen LogP contribution in [0.15, 0.2) is 64.4 Å². The Labute approximate surface area is 144 Å². The molecule has 0 aliphatic carbocycles. The SMILES string of the molecule is N#Cc1c(S)[nH]c(=O)c(C#N)c1-c1ccccc1-c1ccccc1. The van der Waals surface area contributed by atoms with Crippen molar-refractivity contribution in [2.24, 2.45) is 0 Å². The Hall–Kier alpha value is -3.28. The summed E-state index contributed by atoms with van der Waals surface area (Å²) < 4.78 is 0. The lowest BCUT2D eigenvalue weighted by atomic mass is 9.90. The minimum Gasteiger partial charge on any atom is -0.315 e. The smallest absolute Gasteiger partial charge is 0.267 e. The minimum absolute atomic E-state index is 0.0901. The van der Waals surface area contributed by atoms with Gasteiger partial charge in [0, 0.05) is 5.56 Å². The Morgan fingerprint density at radius 3 is 2.04 bits per heavy atom. The monoisotopic (exact) mass is 329 g/mol. The zero-order valence-corrected chi connectivity index (χ0v) is 13.3. The maximum Gasteiger partial charge on any atom is 0.267 e. The fourth-order valence-corrected chi connectivity index (χ4v) is 2.91. The zero-order chi connectivity index (χ0) is 17.1. The predicted octanol–water partition coefficient (Wildman–Crippen LogP) is 3.74. The van der Waals surface area contributed by atoms with Gasteiger partial charge in [-0.2, -0.15) is 10.5 Å². The highest BCUT2D eigenvalue weighted by molar-refractivity contribution is 7.80. The molecule has 2 aromatic carbocycles. The van der Waals surface area contributed by atoms with E-state index in [1.54, 1.807) is 6.07 Å². The first-order valence-electron chi connectivity index (χ1n) is 7.11. The second kappa shape index (κ2) is 6.45. The van der Waals surface area contributed by atoms with E-state index in [1.165, 1.54) is 0 Å². The fraction of sp³-hybridized carbons (Fsp3) is 0. The Kier molecular flexibility index (Phi) is 4.20. The summed E-state index contributed by atoms with van der Waals surface area (Å²) in [6.07, 6.45) is 0. The molecular weight excluding hydrogens is 318 g/mol. The van der Waals surface area contributed by atoms with Crippen LogP contribution in [0.5, 0.6) is 0 Å². The van der Waals surface area contributed by atoms with E-state index < -0.39 is 5.56 Å². The third-order valence-corrected chi connectivity index (χ3v) is 4.04. The van der Waals surface area contributed by atoms with Gasteiger partial charge in [-0.1, -0.05) is 54.6 Å². The largest absolute Gasteiger partial charge is 0.315 e. The van der Waals surface area contributed by atoms with E-state index in [0.29, 0.717) is 11.1 Å². The quantitative estimate of drug-likeness (QED) is 0.703. The number of pyridine rings is 1. The van der Waals surface area contributed by atoms with Crippen LogP contribution in [0.25, 0.3) is 22.3 Å². The topological polar surface area (TPSA) is 80.4 Å². The molecule has 0 unspecified atom stereocenters. The maximum atomic E-state index is 12.1. The third kappa shape index (κ3) is 2.58. The van der Waals surface area contributed by atoms with Crippen molar-refractivity contribution in [2.75, 3.05) is 0 Å². The Bertz CT molecular complexity index is 1060. The van der Waals surface area contributed by atoms with E-state index in [0.717, 1.165) is 11.1 Å². The number of nitrogens with zero attached hydrogens (tertiary/aromatic N) is 2. The highest BCUT2D eigenvalue weighted by Gasteiger charge is 2.20. The Morgan fingerprint density at radius 2 is 1.42 bits per heavy atom. The number of aromatic amines is 1. The number of hydrogen-bond acceptors (Lipinski definition) is 4. The lowest BCUT2D eigenvalue weighted by molar-refractivity contribution is 1.06. The van der Waals surface area contributed by atoms with Gasteiger partial charge in [0.2, 0.25) is 0 Å². The highest BCUT2D eigenvalue weighted by atomic mass is 32.1. The summed E-state index contributed by atoms with van der Waals surface area (Å²) >= 11 is 4.19. The summed E-state index contributed by atoms with van der Waals surface area (Å²) in [6.45, 7) is 0. The molecule has 3 rings (SSSR count). The van der Waals surface area contributed by atoms with Gasteiger partial charge in [-0.15, -0.1) is 12.6 Å². The molecule has 114 valence electrons. The van der Waals surface area contributed by atoms with Crippen LogP contribution in [0.1, 0.15) is 11.1 Å². The normalized spacial score (nSPS) is 9.96. The molecule has 5 heteroatoms. The molecular formula is C19H11N3OS. The lowest BCUT2D eigenvalue weighted by Gasteiger charge is -2.13. The molecule has 1 aromatic heterocycles. The van der Waals surface area contributed by atoms with Crippen LogP contribution in [0.3, 0.4) is 0 Å². The molecule has 0 fully saturated rings. The van der Waals surface area contributed by atoms with Crippen molar-refractivity contribution in [3.63, 3.8) is 0 Å². The van der Waals surface area contributed by atoms with Gasteiger partial charge in [-0.3, -0.25) is 4.79 Å². The molecule has 0 spiro atoms. The molecule has 4 nitrogen and oxygen atoms in total. The van der Waals surface area contributed by atoms with E-state index in [2.05, 4.69) is 17.6 Å². The average Bonchev–Trinajstić information content (AvgIpc) is 2.62. The molecule has 0 bridgehead atoms. The van der Waals surface area contributed by atoms with Crippen molar-refractivity contribution in [3.8, 4) is 34.4 Å². The van der Waals surface area contributed by atoms with Gasteiger partial charge >= 0.3 is 0 Å². The average molecular weight is 329 g/mol. The van der Waals surface area contributed by atoms with Crippen molar-refractivity contribution in [3.05, 3.63) is 76.1 Å². The number of benzene rings is 2. The first kappa shape index (κ1) is 15.6. The summed E-state index contributed by atoms with van der Waals surface area (Å²) in [5.41, 5.74) is 2.27. The van der Waals surface area contributed by atoms with Crippen molar-refractivity contribution < 1.29 is 0 Å². The molecule has 0 atom stereocenters. The van der Waals surface area contributed by atoms with Gasteiger partial charge in [0.15, 0.2) is 0 Å². The van der Waals surface area contributed by atoms with Crippen LogP contribution in [0, 0.1) is 22.7 Å². The third-order valence-electron chi connectivity index (χ3n) is 3.70. The molecule has 0 aliphatic rings. The van der Waals surface area contributed by atoms with Crippen molar-refractivity contribution in [2.45, 2.75) is 5.03 Å². The van der Waals surface area contributed by atoms with Gasteiger partial charge in [0.1, 0.15) is 17.7 Å². The number of nitriles is 2. The number of rotatable bonds is 2. The zero-order valence-electron chi connectivity index (χ0n) is 12.4. The van der Waals surface area contributed by atoms with Gasteiger partial charge in [-0.05, 0) is 16.7 Å². The summed E-state index contributed by atoms with van der Waals surface area (Å²) in [7, 11) is 0. The van der Waals surface area contributed by atoms with Gasteiger partial charge in [0.05, 0.1) is 10.6 Å². The van der Waals surface area contributed by atoms with Crippen molar-refractivity contribution in [1.82, 2.24) is 4.98 Å². The van der Waals surface area contributed by atoms with Crippen molar-refractivity contribution >= 4 is 12.6 Å². The summed E-state index contributed by atoms with van der Waals surface area (Å²) in [5.74, 6) is 0. The first-order chi connectivity index (χ1) is 11.7. The standard InChI is InChI=1S/C19H11N3OS/c20-10-15-17(16(11-21)19(24)22-18(15)23)14-9-5-4-8-13(14)12-6-2-1-3-7-12/h1-9H,(H2,22,23,24). The van der Waals surface area contributed by atoms with Gasteiger partial charge in [0.25, 0.3) is 5.56 Å². The molecule has 1 N–H and O–H groups in total. The number of H-pyrrole nitrogens is 1. The summed E-state index contributed by atoms with van der Waals surface area (Å²) in [4.78, 5) is 14.6. The first-order valence-corrected chi connectivity index (χ1v) is 7.56. The van der Waals surface area contributed by atoms with Crippen LogP contribution in [0.2, 0.25) is 0 Å². The number of nitrogens with one attached hydrogen (secondary N) is 1. The van der Waals surface area contributed by atoms with Crippen LogP contribution < -0.4 is 5.56 Å². The number of aromatic nitrogens is 1. The maximum absolute atomic E-state index is 12.1. The van der Waals surface area contributed by atoms with Crippen LogP contribution in [-0.4, -0.2) is 4.98 Å². The van der Waals surface area contributed by atoms with Crippen LogP contribution in [0.4, 0.5) is 0 Å². The van der Waals surface area contributed by atoms with Crippen LogP contribution in [-0.2, 0) is 0 Å². The second-order valence-electron chi connectivity index (χ2n) is 5.06.